The van der Waals surface area contributed by atoms with E-state index in [0.29, 0.717) is 12.5 Å². The maximum atomic E-state index is 8.63. The molecule has 76 valence electrons. The summed E-state index contributed by atoms with van der Waals surface area (Å²) in [5, 5.41) is 16.2. The highest BCUT2D eigenvalue weighted by Crippen LogP contribution is 2.07. The maximum Gasteiger partial charge on any atom is 0.0456 e. The van der Waals surface area contributed by atoms with Crippen LogP contribution in [0.3, 0.4) is 0 Å². The number of hydrogen-bond donors (Lipinski definition) is 2. The molecule has 0 aromatic carbocycles. The lowest BCUT2D eigenvalue weighted by Crippen LogP contribution is -1.99. The molecule has 0 aromatic heterocycles. The average Bonchev–Trinajstić information content (AvgIpc) is 2.06. The number of aliphatic hydroxyl groups is 2. The summed E-state index contributed by atoms with van der Waals surface area (Å²) in [6.45, 7) is 6.57. The molecule has 0 aromatic rings. The lowest BCUT2D eigenvalue weighted by atomic mass is 10.0. The Morgan fingerprint density at radius 3 is 1.92 bits per heavy atom. The summed E-state index contributed by atoms with van der Waals surface area (Å²) in [6, 6.07) is 0. The van der Waals surface area contributed by atoms with Crippen molar-refractivity contribution in [2.75, 3.05) is 13.2 Å². The number of hydrogen-bond acceptors (Lipinski definition) is 2. The van der Waals surface area contributed by atoms with E-state index in [1.54, 1.807) is 6.92 Å². The summed E-state index contributed by atoms with van der Waals surface area (Å²) < 4.78 is 0. The van der Waals surface area contributed by atoms with Gasteiger partial charge in [-0.1, -0.05) is 33.1 Å². The van der Waals surface area contributed by atoms with Crippen LogP contribution in [-0.2, 0) is 0 Å². The smallest absolute Gasteiger partial charge is 0.0456 e. The zero-order valence-electron chi connectivity index (χ0n) is 8.71. The summed E-state index contributed by atoms with van der Waals surface area (Å²) in [6.07, 6.45) is 5.05. The van der Waals surface area contributed by atoms with Crippen LogP contribution in [0.2, 0.25) is 0 Å². The minimum Gasteiger partial charge on any atom is -0.397 e. The molecule has 1 unspecified atom stereocenters. The highest BCUT2D eigenvalue weighted by Gasteiger charge is 1.96. The Bertz CT molecular complexity index is 64.9. The van der Waals surface area contributed by atoms with Gasteiger partial charge in [-0.05, 0) is 19.3 Å². The molecule has 0 heterocycles. The topological polar surface area (TPSA) is 40.5 Å². The monoisotopic (exact) mass is 176 g/mol. The van der Waals surface area contributed by atoms with Gasteiger partial charge in [-0.3, -0.25) is 0 Å². The van der Waals surface area contributed by atoms with E-state index in [1.807, 2.05) is 0 Å². The normalized spacial score (nSPS) is 11.8. The Morgan fingerprint density at radius 1 is 1.08 bits per heavy atom. The first kappa shape index (κ1) is 14.4. The van der Waals surface area contributed by atoms with Gasteiger partial charge < -0.3 is 10.2 Å². The second-order valence-corrected chi connectivity index (χ2v) is 3.10. The van der Waals surface area contributed by atoms with Crippen LogP contribution < -0.4 is 0 Å². The molecule has 0 aliphatic heterocycles. The van der Waals surface area contributed by atoms with Gasteiger partial charge in [0, 0.05) is 13.2 Å². The Kier molecular flexibility index (Phi) is 16.3. The van der Waals surface area contributed by atoms with Crippen LogP contribution in [0, 0.1) is 5.92 Å². The van der Waals surface area contributed by atoms with Gasteiger partial charge in [0.2, 0.25) is 0 Å². The Balaban J connectivity index is 0. The molecule has 0 saturated carbocycles. The molecule has 2 N–H and O–H groups in total. The first-order chi connectivity index (χ1) is 5.72. The summed E-state index contributed by atoms with van der Waals surface area (Å²) >= 11 is 0. The van der Waals surface area contributed by atoms with Crippen molar-refractivity contribution in [3.63, 3.8) is 0 Å². The van der Waals surface area contributed by atoms with Crippen LogP contribution in [0.25, 0.3) is 0 Å². The fourth-order valence-corrected chi connectivity index (χ4v) is 0.834. The Hall–Kier alpha value is -0.0800. The van der Waals surface area contributed by atoms with Gasteiger partial charge in [0.05, 0.1) is 0 Å². The SMILES string of the molecule is CCCCCC(C)CO.CCO. The average molecular weight is 176 g/mol. The molecule has 0 bridgehead atoms. The van der Waals surface area contributed by atoms with E-state index in [-0.39, 0.29) is 6.61 Å². The van der Waals surface area contributed by atoms with Crippen molar-refractivity contribution in [3.8, 4) is 0 Å². The van der Waals surface area contributed by atoms with Crippen molar-refractivity contribution >= 4 is 0 Å². The molecule has 0 saturated heterocycles. The van der Waals surface area contributed by atoms with Crippen LogP contribution in [0.1, 0.15) is 46.5 Å². The minimum atomic E-state index is 0.250. The molecule has 0 radical (unpaired) electrons. The first-order valence-corrected chi connectivity index (χ1v) is 4.94. The molecule has 12 heavy (non-hydrogen) atoms. The highest BCUT2D eigenvalue weighted by atomic mass is 16.3. The maximum absolute atomic E-state index is 8.63. The van der Waals surface area contributed by atoms with E-state index < -0.39 is 0 Å². The highest BCUT2D eigenvalue weighted by molar-refractivity contribution is 4.49. The molecule has 0 fully saturated rings. The van der Waals surface area contributed by atoms with Crippen LogP contribution >= 0.6 is 0 Å². The quantitative estimate of drug-likeness (QED) is 0.630. The molecule has 0 amide bonds. The standard InChI is InChI=1S/C8H18O.C2H6O/c1-3-4-5-6-8(2)7-9;1-2-3/h8-9H,3-7H2,1-2H3;3H,2H2,1H3. The third-order valence-corrected chi connectivity index (χ3v) is 1.61. The number of aliphatic hydroxyl groups excluding tert-OH is 2. The lowest BCUT2D eigenvalue weighted by molar-refractivity contribution is 0.227. The first-order valence-electron chi connectivity index (χ1n) is 4.94. The fourth-order valence-electron chi connectivity index (χ4n) is 0.834. The Morgan fingerprint density at radius 2 is 1.58 bits per heavy atom. The van der Waals surface area contributed by atoms with Gasteiger partial charge in [-0.25, -0.2) is 0 Å². The van der Waals surface area contributed by atoms with Crippen molar-refractivity contribution < 1.29 is 10.2 Å². The molecule has 2 nitrogen and oxygen atoms in total. The summed E-state index contributed by atoms with van der Waals surface area (Å²) in [5.41, 5.74) is 0. The molecule has 0 spiro atoms. The van der Waals surface area contributed by atoms with Gasteiger partial charge in [-0.2, -0.15) is 0 Å². The largest absolute Gasteiger partial charge is 0.397 e. The molecule has 2 heteroatoms. The second-order valence-electron chi connectivity index (χ2n) is 3.10. The molecule has 0 rings (SSSR count). The van der Waals surface area contributed by atoms with E-state index in [4.69, 9.17) is 10.2 Å². The van der Waals surface area contributed by atoms with Crippen molar-refractivity contribution in [2.45, 2.75) is 46.5 Å². The van der Waals surface area contributed by atoms with Crippen molar-refractivity contribution in [1.29, 1.82) is 0 Å². The molecule has 1 atom stereocenters. The molecular formula is C10H24O2. The third kappa shape index (κ3) is 16.5. The molecule has 0 aliphatic carbocycles. The predicted octanol–water partition coefficient (Wildman–Crippen LogP) is 2.19. The lowest BCUT2D eigenvalue weighted by Gasteiger charge is -2.04. The van der Waals surface area contributed by atoms with E-state index in [0.717, 1.165) is 0 Å². The van der Waals surface area contributed by atoms with Crippen LogP contribution in [-0.4, -0.2) is 23.4 Å². The van der Waals surface area contributed by atoms with Crippen LogP contribution in [0.15, 0.2) is 0 Å². The summed E-state index contributed by atoms with van der Waals surface area (Å²) in [5.74, 6) is 0.511. The summed E-state index contributed by atoms with van der Waals surface area (Å²) in [7, 11) is 0. The second kappa shape index (κ2) is 13.5. The van der Waals surface area contributed by atoms with Gasteiger partial charge in [0.15, 0.2) is 0 Å². The van der Waals surface area contributed by atoms with Crippen LogP contribution in [0.5, 0.6) is 0 Å². The zero-order valence-corrected chi connectivity index (χ0v) is 8.71. The number of rotatable bonds is 5. The van der Waals surface area contributed by atoms with Crippen LogP contribution in [0.4, 0.5) is 0 Å². The summed E-state index contributed by atoms with van der Waals surface area (Å²) in [4.78, 5) is 0. The van der Waals surface area contributed by atoms with Crippen molar-refractivity contribution in [3.05, 3.63) is 0 Å². The van der Waals surface area contributed by atoms with E-state index in [9.17, 15) is 0 Å². The predicted molar refractivity (Wildman–Crippen MR) is 53.2 cm³/mol. The zero-order chi connectivity index (χ0) is 9.82. The van der Waals surface area contributed by atoms with E-state index in [1.165, 1.54) is 25.7 Å². The number of unbranched alkanes of at least 4 members (excludes halogenated alkanes) is 2. The van der Waals surface area contributed by atoms with E-state index in [2.05, 4.69) is 13.8 Å². The van der Waals surface area contributed by atoms with Crippen molar-refractivity contribution in [1.82, 2.24) is 0 Å². The molecule has 0 aliphatic rings. The van der Waals surface area contributed by atoms with Gasteiger partial charge >= 0.3 is 0 Å². The minimum absolute atomic E-state index is 0.250. The fraction of sp³-hybridized carbons (Fsp3) is 1.00. The Labute approximate surface area is 76.6 Å². The van der Waals surface area contributed by atoms with Gasteiger partial charge in [0.1, 0.15) is 0 Å². The third-order valence-electron chi connectivity index (χ3n) is 1.61. The van der Waals surface area contributed by atoms with Gasteiger partial charge in [0.25, 0.3) is 0 Å². The van der Waals surface area contributed by atoms with E-state index >= 15 is 0 Å². The molecular weight excluding hydrogens is 152 g/mol. The van der Waals surface area contributed by atoms with Gasteiger partial charge in [-0.15, -0.1) is 0 Å². The van der Waals surface area contributed by atoms with Crippen molar-refractivity contribution in [2.24, 2.45) is 5.92 Å².